The van der Waals surface area contributed by atoms with Crippen molar-refractivity contribution in [2.24, 2.45) is 0 Å². The summed E-state index contributed by atoms with van der Waals surface area (Å²) in [5, 5.41) is 11.1. The van der Waals surface area contributed by atoms with Gasteiger partial charge in [-0.15, -0.1) is 0 Å². The van der Waals surface area contributed by atoms with E-state index in [9.17, 15) is 5.11 Å². The summed E-state index contributed by atoms with van der Waals surface area (Å²) in [6.45, 7) is 3.81. The molecule has 5 nitrogen and oxygen atoms in total. The van der Waals surface area contributed by atoms with Gasteiger partial charge in [-0.2, -0.15) is 0 Å². The lowest BCUT2D eigenvalue weighted by Gasteiger charge is -2.25. The molecule has 0 aliphatic carbocycles. The molecule has 27 heavy (non-hydrogen) atoms. The minimum atomic E-state index is -0.418. The van der Waals surface area contributed by atoms with Crippen LogP contribution in [0.15, 0.2) is 54.7 Å². The van der Waals surface area contributed by atoms with Gasteiger partial charge in [0.05, 0.1) is 25.8 Å². The summed E-state index contributed by atoms with van der Waals surface area (Å²) < 4.78 is 10.7. The maximum Gasteiger partial charge on any atom is 0.161 e. The summed E-state index contributed by atoms with van der Waals surface area (Å²) in [4.78, 5) is 6.67. The molecule has 3 aromatic rings. The van der Waals surface area contributed by atoms with Gasteiger partial charge in [0.15, 0.2) is 11.5 Å². The Hall–Kier alpha value is -2.63. The fraction of sp³-hybridized carbons (Fsp3) is 0.318. The highest BCUT2D eigenvalue weighted by Crippen LogP contribution is 2.28. The molecular formula is C22H26N2O3. The number of pyridine rings is 1. The molecule has 1 atom stereocenters. The number of hydrogen-bond donors (Lipinski definition) is 1. The second-order valence-corrected chi connectivity index (χ2v) is 6.70. The molecule has 5 heteroatoms. The molecule has 0 saturated heterocycles. The third kappa shape index (κ3) is 4.76. The monoisotopic (exact) mass is 366 g/mol. The Morgan fingerprint density at radius 1 is 1.00 bits per heavy atom. The fourth-order valence-electron chi connectivity index (χ4n) is 3.34. The van der Waals surface area contributed by atoms with Crippen LogP contribution < -0.4 is 9.47 Å². The molecule has 3 rings (SSSR count). The second kappa shape index (κ2) is 8.84. The predicted molar refractivity (Wildman–Crippen MR) is 107 cm³/mol. The van der Waals surface area contributed by atoms with Gasteiger partial charge in [-0.3, -0.25) is 9.88 Å². The summed E-state index contributed by atoms with van der Waals surface area (Å²) in [7, 11) is 3.27. The van der Waals surface area contributed by atoms with E-state index in [1.165, 1.54) is 5.56 Å². The van der Waals surface area contributed by atoms with Gasteiger partial charge in [-0.1, -0.05) is 24.3 Å². The summed E-state index contributed by atoms with van der Waals surface area (Å²) >= 11 is 0. The normalized spacial score (nSPS) is 12.3. The number of aliphatic hydroxyl groups is 1. The van der Waals surface area contributed by atoms with E-state index in [2.05, 4.69) is 22.0 Å². The van der Waals surface area contributed by atoms with Crippen LogP contribution in [0.3, 0.4) is 0 Å². The average molecular weight is 366 g/mol. The highest BCUT2D eigenvalue weighted by molar-refractivity contribution is 5.81. The minimum Gasteiger partial charge on any atom is -0.493 e. The van der Waals surface area contributed by atoms with Crippen LogP contribution in [0.1, 0.15) is 18.1 Å². The molecule has 0 spiro atoms. The smallest absolute Gasteiger partial charge is 0.161 e. The van der Waals surface area contributed by atoms with E-state index in [1.54, 1.807) is 14.2 Å². The van der Waals surface area contributed by atoms with Crippen molar-refractivity contribution in [3.05, 3.63) is 65.9 Å². The molecule has 1 N–H and O–H groups in total. The Morgan fingerprint density at radius 3 is 2.56 bits per heavy atom. The van der Waals surface area contributed by atoms with Gasteiger partial charge in [-0.25, -0.2) is 0 Å². The molecule has 0 fully saturated rings. The van der Waals surface area contributed by atoms with Crippen molar-refractivity contribution < 1.29 is 14.6 Å². The number of hydrogen-bond acceptors (Lipinski definition) is 5. The molecule has 1 aromatic heterocycles. The second-order valence-electron chi connectivity index (χ2n) is 6.70. The number of fused-ring (bicyclic) bond motifs is 1. The van der Waals surface area contributed by atoms with E-state index in [0.29, 0.717) is 24.6 Å². The standard InChI is InChI=1S/C22H26N2O3/c1-16(25)13-24(14-17-9-10-21(26-2)22(12-17)27-3)15-18-6-4-8-20-19(18)7-5-11-23-20/h4-12,16,25H,13-15H2,1-3H3. The minimum absolute atomic E-state index is 0.418. The van der Waals surface area contributed by atoms with Crippen molar-refractivity contribution in [1.82, 2.24) is 9.88 Å². The van der Waals surface area contributed by atoms with Gasteiger partial charge in [0.2, 0.25) is 0 Å². The SMILES string of the molecule is COc1ccc(CN(Cc2cccc3ncccc23)CC(C)O)cc1OC. The number of benzene rings is 2. The lowest BCUT2D eigenvalue weighted by molar-refractivity contribution is 0.118. The number of rotatable bonds is 8. The van der Waals surface area contributed by atoms with Gasteiger partial charge in [0.25, 0.3) is 0 Å². The van der Waals surface area contributed by atoms with Crippen LogP contribution in [0, 0.1) is 0 Å². The van der Waals surface area contributed by atoms with Crippen LogP contribution in [0.2, 0.25) is 0 Å². The number of aromatic nitrogens is 1. The topological polar surface area (TPSA) is 54.8 Å². The van der Waals surface area contributed by atoms with E-state index in [0.717, 1.165) is 23.0 Å². The number of aliphatic hydroxyl groups excluding tert-OH is 1. The van der Waals surface area contributed by atoms with Crippen molar-refractivity contribution in [2.75, 3.05) is 20.8 Å². The molecule has 0 aliphatic heterocycles. The Bertz CT molecular complexity index is 890. The van der Waals surface area contributed by atoms with Crippen molar-refractivity contribution in [1.29, 1.82) is 0 Å². The first-order valence-electron chi connectivity index (χ1n) is 9.04. The lowest BCUT2D eigenvalue weighted by Crippen LogP contribution is -2.30. The molecule has 0 bridgehead atoms. The zero-order chi connectivity index (χ0) is 19.2. The number of methoxy groups -OCH3 is 2. The fourth-order valence-corrected chi connectivity index (χ4v) is 3.34. The highest BCUT2D eigenvalue weighted by Gasteiger charge is 2.14. The molecule has 0 aliphatic rings. The van der Waals surface area contributed by atoms with Crippen LogP contribution in [0.4, 0.5) is 0 Å². The zero-order valence-corrected chi connectivity index (χ0v) is 16.1. The summed E-state index contributed by atoms with van der Waals surface area (Å²) in [5.74, 6) is 1.42. The zero-order valence-electron chi connectivity index (χ0n) is 16.1. The molecule has 1 heterocycles. The van der Waals surface area contributed by atoms with E-state index in [4.69, 9.17) is 9.47 Å². The third-order valence-electron chi connectivity index (χ3n) is 4.51. The van der Waals surface area contributed by atoms with Crippen LogP contribution in [0.5, 0.6) is 11.5 Å². The number of nitrogens with zero attached hydrogens (tertiary/aromatic N) is 2. The molecule has 142 valence electrons. The van der Waals surface area contributed by atoms with Crippen molar-refractivity contribution >= 4 is 10.9 Å². The van der Waals surface area contributed by atoms with Gasteiger partial charge in [0, 0.05) is 31.2 Å². The Morgan fingerprint density at radius 2 is 1.81 bits per heavy atom. The Labute approximate surface area is 160 Å². The first-order chi connectivity index (χ1) is 13.1. The quantitative estimate of drug-likeness (QED) is 0.660. The summed E-state index contributed by atoms with van der Waals surface area (Å²) in [6, 6.07) is 16.1. The van der Waals surface area contributed by atoms with Crippen LogP contribution in [-0.4, -0.2) is 41.9 Å². The summed E-state index contributed by atoms with van der Waals surface area (Å²) in [6.07, 6.45) is 1.39. The summed E-state index contributed by atoms with van der Waals surface area (Å²) in [5.41, 5.74) is 3.28. The Kier molecular flexibility index (Phi) is 6.27. The van der Waals surface area contributed by atoms with Crippen LogP contribution in [0.25, 0.3) is 10.9 Å². The van der Waals surface area contributed by atoms with Gasteiger partial charge in [0.1, 0.15) is 0 Å². The van der Waals surface area contributed by atoms with Crippen molar-refractivity contribution in [3.63, 3.8) is 0 Å². The van der Waals surface area contributed by atoms with Gasteiger partial charge >= 0.3 is 0 Å². The van der Waals surface area contributed by atoms with Crippen molar-refractivity contribution in [3.8, 4) is 11.5 Å². The van der Waals surface area contributed by atoms with Crippen molar-refractivity contribution in [2.45, 2.75) is 26.1 Å². The lowest BCUT2D eigenvalue weighted by atomic mass is 10.1. The molecule has 1 unspecified atom stereocenters. The van der Waals surface area contributed by atoms with E-state index in [1.807, 2.05) is 49.5 Å². The molecule has 0 radical (unpaired) electrons. The first-order valence-corrected chi connectivity index (χ1v) is 9.04. The molecule has 0 saturated carbocycles. The molecule has 2 aromatic carbocycles. The molecular weight excluding hydrogens is 340 g/mol. The predicted octanol–water partition coefficient (Wildman–Crippen LogP) is 3.64. The Balaban J connectivity index is 1.86. The third-order valence-corrected chi connectivity index (χ3v) is 4.51. The van der Waals surface area contributed by atoms with Crippen LogP contribution >= 0.6 is 0 Å². The number of ether oxygens (including phenoxy) is 2. The maximum atomic E-state index is 9.98. The van der Waals surface area contributed by atoms with E-state index in [-0.39, 0.29) is 0 Å². The van der Waals surface area contributed by atoms with Gasteiger partial charge in [-0.05, 0) is 42.3 Å². The van der Waals surface area contributed by atoms with E-state index < -0.39 is 6.10 Å². The van der Waals surface area contributed by atoms with Crippen LogP contribution in [-0.2, 0) is 13.1 Å². The first kappa shape index (κ1) is 19.1. The highest BCUT2D eigenvalue weighted by atomic mass is 16.5. The maximum absolute atomic E-state index is 9.98. The van der Waals surface area contributed by atoms with E-state index >= 15 is 0 Å². The average Bonchev–Trinajstić information content (AvgIpc) is 2.67. The van der Waals surface area contributed by atoms with Gasteiger partial charge < -0.3 is 14.6 Å². The molecule has 0 amide bonds. The largest absolute Gasteiger partial charge is 0.493 e.